The Morgan fingerprint density at radius 2 is 2.36 bits per heavy atom. The summed E-state index contributed by atoms with van der Waals surface area (Å²) in [5, 5.41) is 11.8. The number of carbonyl (C=O) groups excluding carboxylic acids is 1. The molecule has 1 saturated heterocycles. The second kappa shape index (κ2) is 8.09. The van der Waals surface area contributed by atoms with Crippen LogP contribution in [-0.4, -0.2) is 49.3 Å². The topological polar surface area (TPSA) is 49.8 Å². The molecule has 4 nitrogen and oxygen atoms in total. The minimum atomic E-state index is -0.157. The number of aliphatic hydroxyl groups excluding tert-OH is 1. The quantitative estimate of drug-likeness (QED) is 0.784. The number of nitrogens with zero attached hydrogens (tertiary/aromatic N) is 1. The van der Waals surface area contributed by atoms with E-state index in [4.69, 9.17) is 4.74 Å². The molecular formula is C17H27NO3S. The van der Waals surface area contributed by atoms with Crippen LogP contribution >= 0.6 is 11.3 Å². The molecular weight excluding hydrogens is 298 g/mol. The van der Waals surface area contributed by atoms with Crippen molar-refractivity contribution in [3.8, 4) is 0 Å². The van der Waals surface area contributed by atoms with Crippen molar-refractivity contribution < 1.29 is 14.6 Å². The van der Waals surface area contributed by atoms with Gasteiger partial charge in [0, 0.05) is 42.5 Å². The smallest absolute Gasteiger partial charge is 0.254 e. The van der Waals surface area contributed by atoms with Gasteiger partial charge in [-0.15, -0.1) is 11.3 Å². The maximum Gasteiger partial charge on any atom is 0.254 e. The maximum atomic E-state index is 12.7. The first kappa shape index (κ1) is 17.4. The number of hydrogen-bond donors (Lipinski definition) is 1. The van der Waals surface area contributed by atoms with Crippen LogP contribution in [0.3, 0.4) is 0 Å². The van der Waals surface area contributed by atoms with E-state index in [1.807, 2.05) is 16.3 Å². The summed E-state index contributed by atoms with van der Waals surface area (Å²) in [6.07, 6.45) is 4.75. The molecule has 0 bridgehead atoms. The van der Waals surface area contributed by atoms with E-state index in [9.17, 15) is 9.90 Å². The molecule has 0 saturated carbocycles. The predicted molar refractivity (Wildman–Crippen MR) is 89.5 cm³/mol. The third-order valence-corrected chi connectivity index (χ3v) is 5.67. The second-order valence-electron chi connectivity index (χ2n) is 6.24. The van der Waals surface area contributed by atoms with Gasteiger partial charge in [0.05, 0.1) is 12.2 Å². The molecule has 0 aromatic carbocycles. The summed E-state index contributed by atoms with van der Waals surface area (Å²) < 4.78 is 5.12. The Labute approximate surface area is 137 Å². The zero-order chi connectivity index (χ0) is 16.0. The Balaban J connectivity index is 2.03. The minimum Gasteiger partial charge on any atom is -0.396 e. The molecule has 1 atom stereocenters. The average Bonchev–Trinajstić information content (AvgIpc) is 3.03. The number of rotatable bonds is 7. The van der Waals surface area contributed by atoms with Gasteiger partial charge < -0.3 is 14.7 Å². The van der Waals surface area contributed by atoms with E-state index >= 15 is 0 Å². The van der Waals surface area contributed by atoms with Crippen molar-refractivity contribution in [1.82, 2.24) is 4.90 Å². The van der Waals surface area contributed by atoms with Crippen molar-refractivity contribution >= 4 is 17.2 Å². The second-order valence-corrected chi connectivity index (χ2v) is 7.24. The number of amides is 1. The van der Waals surface area contributed by atoms with Gasteiger partial charge in [0.25, 0.3) is 5.91 Å². The summed E-state index contributed by atoms with van der Waals surface area (Å²) in [7, 11) is 1.70. The molecule has 5 heteroatoms. The molecule has 1 N–H and O–H groups in total. The van der Waals surface area contributed by atoms with Crippen molar-refractivity contribution in [2.24, 2.45) is 5.41 Å². The molecule has 22 heavy (non-hydrogen) atoms. The molecule has 1 fully saturated rings. The SMILES string of the molecule is CCc1cc(C(=O)N2CCCC(CO)(CCCOC)C2)cs1. The van der Waals surface area contributed by atoms with Crippen LogP contribution in [-0.2, 0) is 11.2 Å². The van der Waals surface area contributed by atoms with Crippen molar-refractivity contribution in [3.05, 3.63) is 21.9 Å². The average molecular weight is 325 g/mol. The molecule has 124 valence electrons. The van der Waals surface area contributed by atoms with Crippen LogP contribution in [0, 0.1) is 5.41 Å². The number of methoxy groups -OCH3 is 1. The number of piperidine rings is 1. The number of ether oxygens (including phenoxy) is 1. The normalized spacial score (nSPS) is 22.0. The van der Waals surface area contributed by atoms with Gasteiger partial charge in [-0.25, -0.2) is 0 Å². The van der Waals surface area contributed by atoms with Crippen LogP contribution in [0.15, 0.2) is 11.4 Å². The van der Waals surface area contributed by atoms with Crippen molar-refractivity contribution in [1.29, 1.82) is 0 Å². The number of hydrogen-bond acceptors (Lipinski definition) is 4. The molecule has 2 heterocycles. The summed E-state index contributed by atoms with van der Waals surface area (Å²) in [6.45, 7) is 4.41. The molecule has 1 unspecified atom stereocenters. The Hall–Kier alpha value is -0.910. The lowest BCUT2D eigenvalue weighted by Gasteiger charge is -2.42. The van der Waals surface area contributed by atoms with Gasteiger partial charge in [-0.1, -0.05) is 6.92 Å². The third-order valence-electron chi connectivity index (χ3n) is 4.59. The van der Waals surface area contributed by atoms with E-state index < -0.39 is 0 Å². The molecule has 0 aliphatic carbocycles. The zero-order valence-corrected chi connectivity index (χ0v) is 14.5. The monoisotopic (exact) mass is 325 g/mol. The van der Waals surface area contributed by atoms with Crippen LogP contribution in [0.4, 0.5) is 0 Å². The first-order valence-electron chi connectivity index (χ1n) is 8.10. The predicted octanol–water partition coefficient (Wildman–Crippen LogP) is 2.95. The highest BCUT2D eigenvalue weighted by atomic mass is 32.1. The Bertz CT molecular complexity index is 488. The lowest BCUT2D eigenvalue weighted by Crippen LogP contribution is -2.48. The van der Waals surface area contributed by atoms with Gasteiger partial charge >= 0.3 is 0 Å². The van der Waals surface area contributed by atoms with E-state index in [-0.39, 0.29) is 17.9 Å². The lowest BCUT2D eigenvalue weighted by atomic mass is 9.77. The van der Waals surface area contributed by atoms with Crippen LogP contribution in [0.1, 0.15) is 47.8 Å². The Morgan fingerprint density at radius 1 is 1.55 bits per heavy atom. The molecule has 1 amide bonds. The first-order valence-corrected chi connectivity index (χ1v) is 8.98. The summed E-state index contributed by atoms with van der Waals surface area (Å²) in [5.41, 5.74) is 0.642. The fourth-order valence-electron chi connectivity index (χ4n) is 3.25. The number of thiophene rings is 1. The van der Waals surface area contributed by atoms with Gasteiger partial charge in [0.2, 0.25) is 0 Å². The molecule has 1 aromatic heterocycles. The van der Waals surface area contributed by atoms with Crippen LogP contribution < -0.4 is 0 Å². The lowest BCUT2D eigenvalue weighted by molar-refractivity contribution is 0.0180. The fraction of sp³-hybridized carbons (Fsp3) is 0.706. The van der Waals surface area contributed by atoms with Crippen molar-refractivity contribution in [2.45, 2.75) is 39.0 Å². The Morgan fingerprint density at radius 3 is 3.00 bits per heavy atom. The van der Waals surface area contributed by atoms with E-state index in [2.05, 4.69) is 6.92 Å². The summed E-state index contributed by atoms with van der Waals surface area (Å²) in [6, 6.07) is 2.01. The Kier molecular flexibility index (Phi) is 6.41. The molecule has 1 aromatic rings. The van der Waals surface area contributed by atoms with Gasteiger partial charge in [0.15, 0.2) is 0 Å². The minimum absolute atomic E-state index is 0.111. The summed E-state index contributed by atoms with van der Waals surface area (Å²) >= 11 is 1.65. The highest BCUT2D eigenvalue weighted by Gasteiger charge is 2.36. The van der Waals surface area contributed by atoms with Crippen LogP contribution in [0.2, 0.25) is 0 Å². The fourth-order valence-corrected chi connectivity index (χ4v) is 4.05. The van der Waals surface area contributed by atoms with Gasteiger partial charge in [-0.3, -0.25) is 4.79 Å². The number of aryl methyl sites for hydroxylation is 1. The summed E-state index contributed by atoms with van der Waals surface area (Å²) in [5.74, 6) is 0.111. The van der Waals surface area contributed by atoms with Crippen LogP contribution in [0.5, 0.6) is 0 Å². The molecule has 1 aliphatic rings. The van der Waals surface area contributed by atoms with Gasteiger partial charge in [-0.05, 0) is 38.2 Å². The standard InChI is InChI=1S/C17H27NO3S/c1-3-15-10-14(11-22-15)16(20)18-8-4-6-17(12-18,13-19)7-5-9-21-2/h10-11,19H,3-9,12-13H2,1-2H3. The maximum absolute atomic E-state index is 12.7. The number of aliphatic hydroxyl groups is 1. The van der Waals surface area contributed by atoms with Crippen molar-refractivity contribution in [2.75, 3.05) is 33.4 Å². The van der Waals surface area contributed by atoms with E-state index in [1.54, 1.807) is 18.4 Å². The number of likely N-dealkylation sites (tertiary alicyclic amines) is 1. The van der Waals surface area contributed by atoms with Gasteiger partial charge in [-0.2, -0.15) is 0 Å². The molecule has 0 spiro atoms. The highest BCUT2D eigenvalue weighted by Crippen LogP contribution is 2.35. The largest absolute Gasteiger partial charge is 0.396 e. The first-order chi connectivity index (χ1) is 10.6. The molecule has 0 radical (unpaired) electrons. The summed E-state index contributed by atoms with van der Waals surface area (Å²) in [4.78, 5) is 15.9. The van der Waals surface area contributed by atoms with Crippen LogP contribution in [0.25, 0.3) is 0 Å². The molecule has 1 aliphatic heterocycles. The highest BCUT2D eigenvalue weighted by molar-refractivity contribution is 7.10. The van der Waals surface area contributed by atoms with E-state index in [0.717, 1.165) is 44.2 Å². The third kappa shape index (κ3) is 4.09. The zero-order valence-electron chi connectivity index (χ0n) is 13.6. The van der Waals surface area contributed by atoms with E-state index in [1.165, 1.54) is 4.88 Å². The van der Waals surface area contributed by atoms with Gasteiger partial charge in [0.1, 0.15) is 0 Å². The van der Waals surface area contributed by atoms with E-state index in [0.29, 0.717) is 13.2 Å². The van der Waals surface area contributed by atoms with Crippen molar-refractivity contribution in [3.63, 3.8) is 0 Å². The molecule has 2 rings (SSSR count). The number of carbonyl (C=O) groups is 1.